The highest BCUT2D eigenvalue weighted by molar-refractivity contribution is 7.18. The summed E-state index contributed by atoms with van der Waals surface area (Å²) in [6.45, 7) is 0.437. The number of amides is 1. The number of aromatic nitrogens is 2. The van der Waals surface area contributed by atoms with E-state index in [1.807, 2.05) is 42.5 Å². The largest absolute Gasteiger partial charge is 0.322 e. The van der Waals surface area contributed by atoms with Gasteiger partial charge in [-0.2, -0.15) is 0 Å². The number of rotatable bonds is 4. The molecule has 0 bridgehead atoms. The van der Waals surface area contributed by atoms with E-state index < -0.39 is 0 Å². The van der Waals surface area contributed by atoms with Crippen molar-refractivity contribution in [1.82, 2.24) is 9.55 Å². The Bertz CT molecular complexity index is 1290. The Hall–Kier alpha value is -3.25. The van der Waals surface area contributed by atoms with Gasteiger partial charge < -0.3 is 5.32 Å². The third-order valence-corrected chi connectivity index (χ3v) is 6.99. The molecule has 0 radical (unpaired) electrons. The van der Waals surface area contributed by atoms with Gasteiger partial charge in [-0.05, 0) is 61.1 Å². The van der Waals surface area contributed by atoms with Crippen molar-refractivity contribution in [2.24, 2.45) is 0 Å². The highest BCUT2D eigenvalue weighted by Crippen LogP contribution is 2.32. The Kier molecular flexibility index (Phi) is 5.38. The van der Waals surface area contributed by atoms with Crippen LogP contribution in [0.4, 0.5) is 5.69 Å². The maximum atomic E-state index is 13.2. The summed E-state index contributed by atoms with van der Waals surface area (Å²) in [7, 11) is 0. The summed E-state index contributed by atoms with van der Waals surface area (Å²) in [6, 6.07) is 16.8. The zero-order valence-corrected chi connectivity index (χ0v) is 18.0. The van der Waals surface area contributed by atoms with Crippen LogP contribution in [0.15, 0.2) is 65.7 Å². The van der Waals surface area contributed by atoms with Crippen LogP contribution in [0.5, 0.6) is 0 Å². The van der Waals surface area contributed by atoms with Gasteiger partial charge in [0.05, 0.1) is 18.3 Å². The number of carbonyl (C=O) groups is 1. The number of anilines is 1. The molecule has 156 valence electrons. The second-order valence-corrected chi connectivity index (χ2v) is 9.02. The molecule has 0 fully saturated rings. The van der Waals surface area contributed by atoms with Crippen molar-refractivity contribution >= 4 is 33.1 Å². The fourth-order valence-electron chi connectivity index (χ4n) is 4.15. The number of carbonyl (C=O) groups excluding carboxylic acids is 1. The van der Waals surface area contributed by atoms with Gasteiger partial charge in [-0.1, -0.05) is 36.8 Å². The van der Waals surface area contributed by atoms with Gasteiger partial charge in [0, 0.05) is 16.1 Å². The average Bonchev–Trinajstić information content (AvgIpc) is 2.99. The first-order valence-corrected chi connectivity index (χ1v) is 11.5. The van der Waals surface area contributed by atoms with Crippen molar-refractivity contribution in [2.75, 3.05) is 5.32 Å². The molecule has 0 saturated heterocycles. The first-order valence-electron chi connectivity index (χ1n) is 10.6. The molecule has 0 spiro atoms. The first-order chi connectivity index (χ1) is 15.2. The second kappa shape index (κ2) is 8.47. The highest BCUT2D eigenvalue weighted by Gasteiger charge is 2.19. The van der Waals surface area contributed by atoms with E-state index in [1.54, 1.807) is 34.4 Å². The molecule has 2 aromatic carbocycles. The van der Waals surface area contributed by atoms with Gasteiger partial charge >= 0.3 is 0 Å². The number of hydrogen-bond donors (Lipinski definition) is 1. The lowest BCUT2D eigenvalue weighted by molar-refractivity contribution is 0.102. The number of thiophene rings is 1. The summed E-state index contributed by atoms with van der Waals surface area (Å²) in [5, 5.41) is 3.69. The van der Waals surface area contributed by atoms with Gasteiger partial charge in [-0.15, -0.1) is 11.3 Å². The molecule has 5 rings (SSSR count). The fraction of sp³-hybridized carbons (Fsp3) is 0.240. The minimum atomic E-state index is -0.154. The van der Waals surface area contributed by atoms with Gasteiger partial charge in [0.1, 0.15) is 4.83 Å². The predicted octanol–water partition coefficient (Wildman–Crippen LogP) is 5.03. The van der Waals surface area contributed by atoms with E-state index in [0.717, 1.165) is 40.7 Å². The highest BCUT2D eigenvalue weighted by atomic mass is 32.1. The molecular weight excluding hydrogens is 406 g/mol. The topological polar surface area (TPSA) is 64.0 Å². The molecule has 1 amide bonds. The molecule has 0 atom stereocenters. The third kappa shape index (κ3) is 4.03. The fourth-order valence-corrected chi connectivity index (χ4v) is 5.37. The lowest BCUT2D eigenvalue weighted by Gasteiger charge is -2.08. The van der Waals surface area contributed by atoms with E-state index in [0.29, 0.717) is 12.1 Å². The van der Waals surface area contributed by atoms with Gasteiger partial charge in [0.2, 0.25) is 0 Å². The normalized spacial score (nSPS) is 13.5. The second-order valence-electron chi connectivity index (χ2n) is 7.94. The first kappa shape index (κ1) is 19.7. The molecule has 5 nitrogen and oxygen atoms in total. The van der Waals surface area contributed by atoms with E-state index >= 15 is 0 Å². The summed E-state index contributed by atoms with van der Waals surface area (Å²) in [5.41, 5.74) is 3.56. The molecule has 2 aromatic heterocycles. The molecule has 0 aliphatic heterocycles. The quantitative estimate of drug-likeness (QED) is 0.463. The van der Waals surface area contributed by atoms with Crippen LogP contribution >= 0.6 is 11.3 Å². The maximum absolute atomic E-state index is 13.2. The minimum Gasteiger partial charge on any atom is -0.322 e. The van der Waals surface area contributed by atoms with Crippen molar-refractivity contribution < 1.29 is 4.79 Å². The van der Waals surface area contributed by atoms with Gasteiger partial charge in [-0.3, -0.25) is 14.2 Å². The van der Waals surface area contributed by atoms with Crippen LogP contribution in [0.25, 0.3) is 10.2 Å². The van der Waals surface area contributed by atoms with Crippen molar-refractivity contribution in [2.45, 2.75) is 38.6 Å². The zero-order valence-electron chi connectivity index (χ0n) is 17.1. The summed E-state index contributed by atoms with van der Waals surface area (Å²) >= 11 is 1.68. The number of benzene rings is 2. The van der Waals surface area contributed by atoms with E-state index in [-0.39, 0.29) is 11.5 Å². The lowest BCUT2D eigenvalue weighted by Crippen LogP contribution is -2.21. The molecule has 0 saturated carbocycles. The summed E-state index contributed by atoms with van der Waals surface area (Å²) in [4.78, 5) is 32.4. The smallest absolute Gasteiger partial charge is 0.262 e. The molecule has 6 heteroatoms. The Morgan fingerprint density at radius 3 is 2.58 bits per heavy atom. The van der Waals surface area contributed by atoms with Crippen molar-refractivity contribution in [1.29, 1.82) is 0 Å². The number of hydrogen-bond acceptors (Lipinski definition) is 4. The molecule has 4 aromatic rings. The number of nitrogens with zero attached hydrogens (tertiary/aromatic N) is 2. The van der Waals surface area contributed by atoms with Crippen LogP contribution in [0.2, 0.25) is 0 Å². The SMILES string of the molecule is O=C(Nc1ccccc1)c1ccc(Cn2cnc3sc4c(c3c2=O)CCCCC4)cc1. The number of fused-ring (bicyclic) bond motifs is 3. The average molecular weight is 430 g/mol. The summed E-state index contributed by atoms with van der Waals surface area (Å²) in [5.74, 6) is -0.154. The third-order valence-electron chi connectivity index (χ3n) is 5.79. The van der Waals surface area contributed by atoms with Crippen LogP contribution in [0.1, 0.15) is 45.6 Å². The van der Waals surface area contributed by atoms with E-state index in [4.69, 9.17) is 0 Å². The van der Waals surface area contributed by atoms with Crippen LogP contribution < -0.4 is 10.9 Å². The lowest BCUT2D eigenvalue weighted by atomic mass is 10.1. The summed E-state index contributed by atoms with van der Waals surface area (Å²) in [6.07, 6.45) is 7.24. The van der Waals surface area contributed by atoms with Gasteiger partial charge in [0.15, 0.2) is 0 Å². The van der Waals surface area contributed by atoms with Crippen LogP contribution in [-0.2, 0) is 19.4 Å². The van der Waals surface area contributed by atoms with Crippen molar-refractivity contribution in [3.8, 4) is 0 Å². The van der Waals surface area contributed by atoms with E-state index in [2.05, 4.69) is 10.3 Å². The van der Waals surface area contributed by atoms with E-state index in [9.17, 15) is 9.59 Å². The minimum absolute atomic E-state index is 0.0373. The summed E-state index contributed by atoms with van der Waals surface area (Å²) < 4.78 is 1.68. The Labute approximate surface area is 184 Å². The number of aryl methyl sites for hydroxylation is 2. The Morgan fingerprint density at radius 2 is 1.77 bits per heavy atom. The zero-order chi connectivity index (χ0) is 21.2. The predicted molar refractivity (Wildman–Crippen MR) is 125 cm³/mol. The van der Waals surface area contributed by atoms with Crippen molar-refractivity contribution in [3.05, 3.63) is 92.8 Å². The van der Waals surface area contributed by atoms with Gasteiger partial charge in [-0.25, -0.2) is 4.98 Å². The molecule has 31 heavy (non-hydrogen) atoms. The Balaban J connectivity index is 1.37. The Morgan fingerprint density at radius 1 is 1.00 bits per heavy atom. The standard InChI is InChI=1S/C25H23N3O2S/c29-23(27-19-7-3-1-4-8-19)18-13-11-17(12-14-18)15-28-16-26-24-22(25(28)30)20-9-5-2-6-10-21(20)31-24/h1,3-4,7-8,11-14,16H,2,5-6,9-10,15H2,(H,27,29). The van der Waals surface area contributed by atoms with Crippen molar-refractivity contribution in [3.63, 3.8) is 0 Å². The molecule has 2 heterocycles. The molecule has 1 aliphatic carbocycles. The monoisotopic (exact) mass is 429 g/mol. The molecular formula is C25H23N3O2S. The number of para-hydroxylation sites is 1. The molecule has 1 N–H and O–H groups in total. The molecule has 0 unspecified atom stereocenters. The number of nitrogens with one attached hydrogen (secondary N) is 1. The maximum Gasteiger partial charge on any atom is 0.262 e. The van der Waals surface area contributed by atoms with Gasteiger partial charge in [0.25, 0.3) is 11.5 Å². The van der Waals surface area contributed by atoms with Crippen LogP contribution in [-0.4, -0.2) is 15.5 Å². The van der Waals surface area contributed by atoms with Crippen LogP contribution in [0.3, 0.4) is 0 Å². The molecule has 1 aliphatic rings. The van der Waals surface area contributed by atoms with Crippen LogP contribution in [0, 0.1) is 0 Å². The van der Waals surface area contributed by atoms with E-state index in [1.165, 1.54) is 23.3 Å².